The minimum Gasteiger partial charge on any atom is -0.317 e. The van der Waals surface area contributed by atoms with Crippen LogP contribution in [0.5, 0.6) is 0 Å². The van der Waals surface area contributed by atoms with E-state index in [0.29, 0.717) is 0 Å². The highest BCUT2D eigenvalue weighted by Crippen LogP contribution is 1.94. The fourth-order valence-corrected chi connectivity index (χ4v) is 2.25. The van der Waals surface area contributed by atoms with Crippen LogP contribution in [0.15, 0.2) is 0 Å². The van der Waals surface area contributed by atoms with Gasteiger partial charge in [0.15, 0.2) is 0 Å². The zero-order valence-electron chi connectivity index (χ0n) is 16.3. The van der Waals surface area contributed by atoms with E-state index >= 15 is 0 Å². The van der Waals surface area contributed by atoms with Gasteiger partial charge in [-0.2, -0.15) is 0 Å². The summed E-state index contributed by atoms with van der Waals surface area (Å²) in [5.74, 6) is 0. The molecule has 2 N–H and O–H groups in total. The standard InChI is InChI=1S/2C10H23N/c2*1-3-5-7-9-11-10-8-6-4-2/h2*11H,3-10H2,1-2H3. The normalized spacial score (nSPS) is 10.4. The Morgan fingerprint density at radius 3 is 0.773 bits per heavy atom. The Hall–Kier alpha value is -0.0800. The molecule has 136 valence electrons. The van der Waals surface area contributed by atoms with E-state index < -0.39 is 0 Å². The molecule has 0 amide bonds. The fourth-order valence-electron chi connectivity index (χ4n) is 2.25. The van der Waals surface area contributed by atoms with Gasteiger partial charge in [0.1, 0.15) is 0 Å². The highest BCUT2D eigenvalue weighted by molar-refractivity contribution is 4.48. The molecule has 0 radical (unpaired) electrons. The van der Waals surface area contributed by atoms with E-state index in [4.69, 9.17) is 0 Å². The molecule has 0 aromatic carbocycles. The third kappa shape index (κ3) is 28.1. The van der Waals surface area contributed by atoms with Crippen molar-refractivity contribution in [2.24, 2.45) is 0 Å². The summed E-state index contributed by atoms with van der Waals surface area (Å²) in [6.07, 6.45) is 16.2. The van der Waals surface area contributed by atoms with Gasteiger partial charge >= 0.3 is 0 Å². The maximum Gasteiger partial charge on any atom is -0.00489 e. The van der Waals surface area contributed by atoms with E-state index in [1.54, 1.807) is 0 Å². The number of nitrogens with one attached hydrogen (secondary N) is 2. The minimum atomic E-state index is 1.22. The third-order valence-electron chi connectivity index (χ3n) is 3.83. The van der Waals surface area contributed by atoms with Crippen molar-refractivity contribution in [3.05, 3.63) is 0 Å². The van der Waals surface area contributed by atoms with Crippen molar-refractivity contribution >= 4 is 0 Å². The molecule has 0 rings (SSSR count). The molecule has 0 atom stereocenters. The molecule has 0 saturated heterocycles. The van der Waals surface area contributed by atoms with Gasteiger partial charge in [-0.3, -0.25) is 0 Å². The van der Waals surface area contributed by atoms with Crippen molar-refractivity contribution in [1.82, 2.24) is 10.6 Å². The Bertz CT molecular complexity index is 126. The summed E-state index contributed by atoms with van der Waals surface area (Å²) in [6, 6.07) is 0. The molecular weight excluding hydrogens is 268 g/mol. The first-order chi connectivity index (χ1) is 10.8. The average molecular weight is 315 g/mol. The van der Waals surface area contributed by atoms with Crippen LogP contribution < -0.4 is 10.6 Å². The predicted octanol–water partition coefficient (Wildman–Crippen LogP) is 5.91. The van der Waals surface area contributed by atoms with Gasteiger partial charge in [0.05, 0.1) is 0 Å². The zero-order chi connectivity index (χ0) is 16.7. The van der Waals surface area contributed by atoms with Crippen LogP contribution in [0, 0.1) is 0 Å². The second-order valence-corrected chi connectivity index (χ2v) is 6.33. The number of unbranched alkanes of at least 4 members (excludes halogenated alkanes) is 8. The summed E-state index contributed by atoms with van der Waals surface area (Å²) in [5, 5.41) is 6.91. The summed E-state index contributed by atoms with van der Waals surface area (Å²) in [6.45, 7) is 13.9. The van der Waals surface area contributed by atoms with E-state index in [-0.39, 0.29) is 0 Å². The second kappa shape index (κ2) is 25.9. The summed E-state index contributed by atoms with van der Waals surface area (Å²) in [5.41, 5.74) is 0. The van der Waals surface area contributed by atoms with Crippen LogP contribution in [-0.4, -0.2) is 26.2 Å². The molecule has 2 heteroatoms. The lowest BCUT2D eigenvalue weighted by Gasteiger charge is -2.02. The third-order valence-corrected chi connectivity index (χ3v) is 3.83. The van der Waals surface area contributed by atoms with Gasteiger partial charge in [0, 0.05) is 0 Å². The smallest absolute Gasteiger partial charge is 0.00489 e. The molecule has 0 aromatic rings. The van der Waals surface area contributed by atoms with Crippen LogP contribution in [0.4, 0.5) is 0 Å². The van der Waals surface area contributed by atoms with Crippen LogP contribution in [0.3, 0.4) is 0 Å². The van der Waals surface area contributed by atoms with Crippen molar-refractivity contribution in [3.63, 3.8) is 0 Å². The van der Waals surface area contributed by atoms with Gasteiger partial charge in [-0.25, -0.2) is 0 Å². The first-order valence-electron chi connectivity index (χ1n) is 10.2. The molecule has 0 fully saturated rings. The monoisotopic (exact) mass is 314 g/mol. The minimum absolute atomic E-state index is 1.22. The molecule has 0 unspecified atom stereocenters. The van der Waals surface area contributed by atoms with Crippen LogP contribution in [0.25, 0.3) is 0 Å². The molecule has 0 aliphatic rings. The Morgan fingerprint density at radius 1 is 0.364 bits per heavy atom. The molecule has 2 nitrogen and oxygen atoms in total. The highest BCUT2D eigenvalue weighted by Gasteiger charge is 1.87. The fraction of sp³-hybridized carbons (Fsp3) is 1.00. The lowest BCUT2D eigenvalue weighted by molar-refractivity contribution is 0.583. The summed E-state index contributed by atoms with van der Waals surface area (Å²) < 4.78 is 0. The molecule has 0 bridgehead atoms. The van der Waals surface area contributed by atoms with E-state index in [1.807, 2.05) is 0 Å². The van der Waals surface area contributed by atoms with Crippen molar-refractivity contribution in [2.75, 3.05) is 26.2 Å². The van der Waals surface area contributed by atoms with Gasteiger partial charge in [-0.05, 0) is 51.9 Å². The molecule has 0 aliphatic heterocycles. The van der Waals surface area contributed by atoms with Crippen molar-refractivity contribution in [1.29, 1.82) is 0 Å². The quantitative estimate of drug-likeness (QED) is 0.346. The van der Waals surface area contributed by atoms with Crippen molar-refractivity contribution in [3.8, 4) is 0 Å². The first kappa shape index (κ1) is 24.2. The first-order valence-corrected chi connectivity index (χ1v) is 10.2. The Labute approximate surface area is 142 Å². The van der Waals surface area contributed by atoms with Crippen molar-refractivity contribution in [2.45, 2.75) is 105 Å². The van der Waals surface area contributed by atoms with Crippen LogP contribution in [0.2, 0.25) is 0 Å². The summed E-state index contributed by atoms with van der Waals surface area (Å²) in [4.78, 5) is 0. The number of hydrogen-bond acceptors (Lipinski definition) is 2. The maximum absolute atomic E-state index is 3.46. The number of hydrogen-bond donors (Lipinski definition) is 2. The Morgan fingerprint density at radius 2 is 0.591 bits per heavy atom. The van der Waals surface area contributed by atoms with E-state index in [2.05, 4.69) is 38.3 Å². The zero-order valence-corrected chi connectivity index (χ0v) is 16.3. The SMILES string of the molecule is CCCCCNCCCCC.CCCCCNCCCCC. The molecule has 22 heavy (non-hydrogen) atoms. The Balaban J connectivity index is 0. The molecule has 0 saturated carbocycles. The molecule has 0 spiro atoms. The van der Waals surface area contributed by atoms with Gasteiger partial charge in [0.25, 0.3) is 0 Å². The molecule has 0 heterocycles. The van der Waals surface area contributed by atoms with E-state index in [0.717, 1.165) is 0 Å². The van der Waals surface area contributed by atoms with Crippen molar-refractivity contribution < 1.29 is 0 Å². The topological polar surface area (TPSA) is 24.1 Å². The maximum atomic E-state index is 3.46. The van der Waals surface area contributed by atoms with E-state index in [1.165, 1.54) is 103 Å². The predicted molar refractivity (Wildman–Crippen MR) is 104 cm³/mol. The Kier molecular flexibility index (Phi) is 28.4. The van der Waals surface area contributed by atoms with Gasteiger partial charge < -0.3 is 10.6 Å². The molecule has 0 aromatic heterocycles. The summed E-state index contributed by atoms with van der Waals surface area (Å²) in [7, 11) is 0. The van der Waals surface area contributed by atoms with Gasteiger partial charge in [-0.1, -0.05) is 79.1 Å². The van der Waals surface area contributed by atoms with Crippen LogP contribution >= 0.6 is 0 Å². The van der Waals surface area contributed by atoms with Crippen LogP contribution in [0.1, 0.15) is 105 Å². The average Bonchev–Trinajstić information content (AvgIpc) is 2.54. The van der Waals surface area contributed by atoms with Gasteiger partial charge in [0.2, 0.25) is 0 Å². The van der Waals surface area contributed by atoms with Crippen LogP contribution in [-0.2, 0) is 0 Å². The summed E-state index contributed by atoms with van der Waals surface area (Å²) >= 11 is 0. The van der Waals surface area contributed by atoms with E-state index in [9.17, 15) is 0 Å². The second-order valence-electron chi connectivity index (χ2n) is 6.33. The lowest BCUT2D eigenvalue weighted by Crippen LogP contribution is -2.16. The largest absolute Gasteiger partial charge is 0.317 e. The molecular formula is C20H46N2. The lowest BCUT2D eigenvalue weighted by atomic mass is 10.2. The molecule has 0 aliphatic carbocycles. The van der Waals surface area contributed by atoms with Gasteiger partial charge in [-0.15, -0.1) is 0 Å². The number of rotatable bonds is 16. The highest BCUT2D eigenvalue weighted by atomic mass is 14.8.